The average molecular weight is 375 g/mol. The molecular formula is C24H25NO3. The molecule has 4 nitrogen and oxygen atoms in total. The van der Waals surface area contributed by atoms with Gasteiger partial charge in [0, 0.05) is 13.0 Å². The number of carbonyl (C=O) groups excluding carboxylic acids is 1. The lowest BCUT2D eigenvalue weighted by atomic mass is 10.1. The lowest BCUT2D eigenvalue weighted by molar-refractivity contribution is -0.121. The minimum atomic E-state index is 0.0484. The molecule has 0 spiro atoms. The molecule has 0 heterocycles. The molecular weight excluding hydrogens is 350 g/mol. The van der Waals surface area contributed by atoms with E-state index >= 15 is 0 Å². The van der Waals surface area contributed by atoms with Crippen LogP contribution in [-0.4, -0.2) is 13.0 Å². The van der Waals surface area contributed by atoms with Gasteiger partial charge in [-0.05, 0) is 47.4 Å². The number of hydrogen-bond acceptors (Lipinski definition) is 3. The van der Waals surface area contributed by atoms with Gasteiger partial charge in [-0.2, -0.15) is 0 Å². The van der Waals surface area contributed by atoms with Crippen molar-refractivity contribution in [3.05, 3.63) is 95.6 Å². The largest absolute Gasteiger partial charge is 0.497 e. The molecule has 1 N–H and O–H groups in total. The zero-order valence-electron chi connectivity index (χ0n) is 16.1. The van der Waals surface area contributed by atoms with E-state index in [1.165, 1.54) is 0 Å². The van der Waals surface area contributed by atoms with Crippen molar-refractivity contribution < 1.29 is 14.3 Å². The smallest absolute Gasteiger partial charge is 0.220 e. The van der Waals surface area contributed by atoms with E-state index in [-0.39, 0.29) is 5.91 Å². The number of benzene rings is 3. The van der Waals surface area contributed by atoms with Crippen molar-refractivity contribution in [1.29, 1.82) is 0 Å². The molecule has 4 heteroatoms. The maximum atomic E-state index is 12.1. The third-order valence-electron chi connectivity index (χ3n) is 4.46. The Balaban J connectivity index is 1.39. The SMILES string of the molecule is COc1ccc(CCC(=O)NCc2ccc(COc3ccccc3)cc2)cc1. The summed E-state index contributed by atoms with van der Waals surface area (Å²) in [7, 11) is 1.64. The van der Waals surface area contributed by atoms with E-state index in [2.05, 4.69) is 5.32 Å². The second-order valence-corrected chi connectivity index (χ2v) is 6.54. The molecule has 0 saturated heterocycles. The topological polar surface area (TPSA) is 47.6 Å². The first-order valence-corrected chi connectivity index (χ1v) is 9.38. The first-order valence-electron chi connectivity index (χ1n) is 9.38. The van der Waals surface area contributed by atoms with Crippen molar-refractivity contribution in [3.8, 4) is 11.5 Å². The molecule has 0 aromatic heterocycles. The number of methoxy groups -OCH3 is 1. The minimum Gasteiger partial charge on any atom is -0.497 e. The van der Waals surface area contributed by atoms with Gasteiger partial charge in [0.25, 0.3) is 0 Å². The van der Waals surface area contributed by atoms with E-state index in [9.17, 15) is 4.79 Å². The minimum absolute atomic E-state index is 0.0484. The van der Waals surface area contributed by atoms with Gasteiger partial charge in [-0.25, -0.2) is 0 Å². The van der Waals surface area contributed by atoms with Gasteiger partial charge in [-0.15, -0.1) is 0 Å². The van der Waals surface area contributed by atoms with Gasteiger partial charge in [0.1, 0.15) is 18.1 Å². The van der Waals surface area contributed by atoms with E-state index in [0.29, 0.717) is 26.0 Å². The Labute approximate surface area is 166 Å². The summed E-state index contributed by atoms with van der Waals surface area (Å²) in [5.74, 6) is 1.73. The molecule has 0 aliphatic rings. The lowest BCUT2D eigenvalue weighted by Crippen LogP contribution is -2.23. The fourth-order valence-electron chi connectivity index (χ4n) is 2.78. The van der Waals surface area contributed by atoms with Crippen LogP contribution in [0, 0.1) is 0 Å². The lowest BCUT2D eigenvalue weighted by Gasteiger charge is -2.08. The van der Waals surface area contributed by atoms with Gasteiger partial charge in [0.2, 0.25) is 5.91 Å². The van der Waals surface area contributed by atoms with E-state index in [1.54, 1.807) is 7.11 Å². The summed E-state index contributed by atoms with van der Waals surface area (Å²) in [5, 5.41) is 2.97. The summed E-state index contributed by atoms with van der Waals surface area (Å²) in [4.78, 5) is 12.1. The maximum absolute atomic E-state index is 12.1. The van der Waals surface area contributed by atoms with E-state index in [4.69, 9.17) is 9.47 Å². The number of rotatable bonds is 9. The van der Waals surface area contributed by atoms with Gasteiger partial charge in [-0.1, -0.05) is 54.6 Å². The third-order valence-corrected chi connectivity index (χ3v) is 4.46. The van der Waals surface area contributed by atoms with Crippen molar-refractivity contribution in [3.63, 3.8) is 0 Å². The highest BCUT2D eigenvalue weighted by atomic mass is 16.5. The van der Waals surface area contributed by atoms with Crippen LogP contribution in [0.4, 0.5) is 0 Å². The fourth-order valence-corrected chi connectivity index (χ4v) is 2.78. The molecule has 3 rings (SSSR count). The van der Waals surface area contributed by atoms with Crippen LogP contribution < -0.4 is 14.8 Å². The molecule has 0 aliphatic carbocycles. The van der Waals surface area contributed by atoms with Gasteiger partial charge in [0.05, 0.1) is 7.11 Å². The molecule has 0 fully saturated rings. The van der Waals surface area contributed by atoms with Crippen LogP contribution in [0.3, 0.4) is 0 Å². The summed E-state index contributed by atoms with van der Waals surface area (Å²) < 4.78 is 10.9. The number of carbonyl (C=O) groups is 1. The summed E-state index contributed by atoms with van der Waals surface area (Å²) in [6, 6.07) is 25.7. The van der Waals surface area contributed by atoms with Crippen LogP contribution >= 0.6 is 0 Å². The zero-order chi connectivity index (χ0) is 19.6. The Morgan fingerprint density at radius 3 is 2.11 bits per heavy atom. The maximum Gasteiger partial charge on any atom is 0.220 e. The molecule has 3 aromatic rings. The van der Waals surface area contributed by atoms with Crippen molar-refractivity contribution >= 4 is 5.91 Å². The van der Waals surface area contributed by atoms with Crippen molar-refractivity contribution in [2.45, 2.75) is 26.0 Å². The third kappa shape index (κ3) is 6.16. The van der Waals surface area contributed by atoms with Crippen LogP contribution in [0.1, 0.15) is 23.1 Å². The van der Waals surface area contributed by atoms with Gasteiger partial charge in [0.15, 0.2) is 0 Å². The van der Waals surface area contributed by atoms with Crippen molar-refractivity contribution in [2.24, 2.45) is 0 Å². The van der Waals surface area contributed by atoms with Crippen LogP contribution in [0.2, 0.25) is 0 Å². The predicted octanol–water partition coefficient (Wildman–Crippen LogP) is 4.52. The predicted molar refractivity (Wildman–Crippen MR) is 110 cm³/mol. The second-order valence-electron chi connectivity index (χ2n) is 6.54. The standard InChI is InChI=1S/C24H25NO3/c1-27-22-14-11-19(12-15-22)13-16-24(26)25-17-20-7-9-21(10-8-20)18-28-23-5-3-2-4-6-23/h2-12,14-15H,13,16-18H2,1H3,(H,25,26). The Bertz CT molecular complexity index is 859. The Hall–Kier alpha value is -3.27. The van der Waals surface area contributed by atoms with Gasteiger partial charge in [-0.3, -0.25) is 4.79 Å². The molecule has 0 unspecified atom stereocenters. The number of para-hydroxylation sites is 1. The number of ether oxygens (including phenoxy) is 2. The van der Waals surface area contributed by atoms with Crippen LogP contribution in [0.25, 0.3) is 0 Å². The molecule has 0 saturated carbocycles. The first-order chi connectivity index (χ1) is 13.7. The summed E-state index contributed by atoms with van der Waals surface area (Å²) in [6.45, 7) is 1.06. The van der Waals surface area contributed by atoms with Crippen LogP contribution in [-0.2, 0) is 24.4 Å². The molecule has 0 atom stereocenters. The highest BCUT2D eigenvalue weighted by molar-refractivity contribution is 5.76. The normalized spacial score (nSPS) is 10.3. The average Bonchev–Trinajstić information content (AvgIpc) is 2.76. The monoisotopic (exact) mass is 375 g/mol. The Morgan fingerprint density at radius 2 is 1.43 bits per heavy atom. The van der Waals surface area contributed by atoms with Crippen LogP contribution in [0.15, 0.2) is 78.9 Å². The van der Waals surface area contributed by atoms with E-state index < -0.39 is 0 Å². The van der Waals surface area contributed by atoms with Gasteiger partial charge >= 0.3 is 0 Å². The number of hydrogen-bond donors (Lipinski definition) is 1. The second kappa shape index (κ2) is 10.2. The summed E-state index contributed by atoms with van der Waals surface area (Å²) >= 11 is 0. The first kappa shape index (κ1) is 19.5. The summed E-state index contributed by atoms with van der Waals surface area (Å²) in [5.41, 5.74) is 3.29. The molecule has 144 valence electrons. The van der Waals surface area contributed by atoms with Gasteiger partial charge < -0.3 is 14.8 Å². The fraction of sp³-hybridized carbons (Fsp3) is 0.208. The number of aryl methyl sites for hydroxylation is 1. The molecule has 1 amide bonds. The van der Waals surface area contributed by atoms with E-state index in [1.807, 2.05) is 78.9 Å². The Kier molecular flexibility index (Phi) is 7.08. The molecule has 28 heavy (non-hydrogen) atoms. The summed E-state index contributed by atoms with van der Waals surface area (Å²) in [6.07, 6.45) is 1.18. The molecule has 0 bridgehead atoms. The molecule has 3 aromatic carbocycles. The highest BCUT2D eigenvalue weighted by Gasteiger charge is 2.03. The van der Waals surface area contributed by atoms with Crippen molar-refractivity contribution in [1.82, 2.24) is 5.32 Å². The molecule has 0 radical (unpaired) electrons. The van der Waals surface area contributed by atoms with E-state index in [0.717, 1.165) is 28.2 Å². The molecule has 0 aliphatic heterocycles. The quantitative estimate of drug-likeness (QED) is 0.598. The van der Waals surface area contributed by atoms with Crippen molar-refractivity contribution in [2.75, 3.05) is 7.11 Å². The number of amides is 1. The number of nitrogens with one attached hydrogen (secondary N) is 1. The van der Waals surface area contributed by atoms with Crippen LogP contribution in [0.5, 0.6) is 11.5 Å². The highest BCUT2D eigenvalue weighted by Crippen LogP contribution is 2.13. The zero-order valence-corrected chi connectivity index (χ0v) is 16.1. The Morgan fingerprint density at radius 1 is 0.786 bits per heavy atom.